The molecule has 0 spiro atoms. The number of nitrogens with zero attached hydrogens (tertiary/aromatic N) is 2. The molecule has 0 radical (unpaired) electrons. The van der Waals surface area contributed by atoms with Crippen LogP contribution in [0.2, 0.25) is 0 Å². The van der Waals surface area contributed by atoms with E-state index in [1.807, 2.05) is 9.80 Å². The van der Waals surface area contributed by atoms with E-state index in [9.17, 15) is 14.0 Å². The Morgan fingerprint density at radius 2 is 1.66 bits per heavy atom. The van der Waals surface area contributed by atoms with Crippen LogP contribution >= 0.6 is 0 Å². The molecule has 2 heterocycles. The van der Waals surface area contributed by atoms with Crippen LogP contribution in [0.25, 0.3) is 0 Å². The summed E-state index contributed by atoms with van der Waals surface area (Å²) in [7, 11) is 0. The molecule has 3 fully saturated rings. The van der Waals surface area contributed by atoms with Crippen molar-refractivity contribution in [2.45, 2.75) is 44.6 Å². The standard InChI is InChI=1S/C22H31FN4O2/c23-18-8-6-17(7-9-18)21-19(15-24-25-21)22(29)27-13-11-26(12-14-27)20(28)10-5-16-3-1-2-4-16/h6-9,16,19,21,24-25H,1-5,10-15H2. The summed E-state index contributed by atoms with van der Waals surface area (Å²) < 4.78 is 13.2. The normalized spacial score (nSPS) is 25.6. The molecule has 2 N–H and O–H groups in total. The molecule has 2 unspecified atom stereocenters. The van der Waals surface area contributed by atoms with Crippen LogP contribution in [-0.2, 0) is 9.59 Å². The summed E-state index contributed by atoms with van der Waals surface area (Å²) in [6.45, 7) is 2.94. The molecule has 1 aromatic carbocycles. The van der Waals surface area contributed by atoms with Gasteiger partial charge in [0.25, 0.3) is 0 Å². The first-order valence-corrected chi connectivity index (χ1v) is 10.9. The molecule has 1 aromatic rings. The topological polar surface area (TPSA) is 64.7 Å². The number of carbonyl (C=O) groups is 2. The first kappa shape index (κ1) is 20.3. The number of nitrogens with one attached hydrogen (secondary N) is 2. The third kappa shape index (κ3) is 4.78. The van der Waals surface area contributed by atoms with Gasteiger partial charge in [-0.3, -0.25) is 15.0 Å². The number of benzene rings is 1. The summed E-state index contributed by atoms with van der Waals surface area (Å²) in [6, 6.07) is 6.12. The van der Waals surface area contributed by atoms with Crippen LogP contribution in [-0.4, -0.2) is 54.3 Å². The van der Waals surface area contributed by atoms with Gasteiger partial charge in [-0.2, -0.15) is 0 Å². The summed E-state index contributed by atoms with van der Waals surface area (Å²) in [5, 5.41) is 0. The smallest absolute Gasteiger partial charge is 0.229 e. The van der Waals surface area contributed by atoms with E-state index in [1.165, 1.54) is 37.8 Å². The molecular weight excluding hydrogens is 371 g/mol. The van der Waals surface area contributed by atoms with Crippen molar-refractivity contribution in [3.8, 4) is 0 Å². The molecule has 4 rings (SSSR count). The minimum Gasteiger partial charge on any atom is -0.339 e. The highest BCUT2D eigenvalue weighted by Crippen LogP contribution is 2.29. The zero-order chi connectivity index (χ0) is 20.2. The van der Waals surface area contributed by atoms with Crippen LogP contribution in [0.4, 0.5) is 4.39 Å². The van der Waals surface area contributed by atoms with Crippen molar-refractivity contribution in [1.82, 2.24) is 20.7 Å². The second-order valence-electron chi connectivity index (χ2n) is 8.56. The molecule has 1 saturated carbocycles. The SMILES string of the molecule is O=C(CCC1CCCC1)N1CCN(C(=O)C2CNNC2c2ccc(F)cc2)CC1. The summed E-state index contributed by atoms with van der Waals surface area (Å²) in [6.07, 6.45) is 6.81. The van der Waals surface area contributed by atoms with E-state index in [0.29, 0.717) is 39.1 Å². The number of rotatable bonds is 5. The zero-order valence-corrected chi connectivity index (χ0v) is 16.9. The largest absolute Gasteiger partial charge is 0.339 e. The van der Waals surface area contributed by atoms with E-state index < -0.39 is 0 Å². The maximum Gasteiger partial charge on any atom is 0.229 e. The van der Waals surface area contributed by atoms with Gasteiger partial charge in [-0.1, -0.05) is 37.8 Å². The number of carbonyl (C=O) groups excluding carboxylic acids is 2. The van der Waals surface area contributed by atoms with Crippen LogP contribution < -0.4 is 10.9 Å². The molecule has 1 aliphatic carbocycles. The average molecular weight is 403 g/mol. The molecule has 0 aromatic heterocycles. The Hall–Kier alpha value is -1.99. The van der Waals surface area contributed by atoms with Crippen molar-refractivity contribution in [1.29, 1.82) is 0 Å². The molecule has 6 nitrogen and oxygen atoms in total. The summed E-state index contributed by atoms with van der Waals surface area (Å²) in [5.74, 6) is 0.543. The number of hydrazine groups is 1. The van der Waals surface area contributed by atoms with Crippen molar-refractivity contribution >= 4 is 11.8 Å². The van der Waals surface area contributed by atoms with Crippen LogP contribution in [0.5, 0.6) is 0 Å². The zero-order valence-electron chi connectivity index (χ0n) is 16.9. The first-order chi connectivity index (χ1) is 14.1. The van der Waals surface area contributed by atoms with Crippen LogP contribution in [0.15, 0.2) is 24.3 Å². The summed E-state index contributed by atoms with van der Waals surface area (Å²) in [4.78, 5) is 29.4. The monoisotopic (exact) mass is 402 g/mol. The highest BCUT2D eigenvalue weighted by atomic mass is 19.1. The molecule has 7 heteroatoms. The van der Waals surface area contributed by atoms with Gasteiger partial charge in [0.2, 0.25) is 11.8 Å². The van der Waals surface area contributed by atoms with Crippen molar-refractivity contribution < 1.29 is 14.0 Å². The highest BCUT2D eigenvalue weighted by molar-refractivity contribution is 5.81. The van der Waals surface area contributed by atoms with Gasteiger partial charge in [-0.15, -0.1) is 0 Å². The van der Waals surface area contributed by atoms with E-state index in [4.69, 9.17) is 0 Å². The Kier molecular flexibility index (Phi) is 6.45. The maximum absolute atomic E-state index is 13.2. The lowest BCUT2D eigenvalue weighted by molar-refractivity contribution is -0.142. The van der Waals surface area contributed by atoms with E-state index in [2.05, 4.69) is 10.9 Å². The number of halogens is 1. The minimum atomic E-state index is -0.281. The fourth-order valence-electron chi connectivity index (χ4n) is 4.91. The number of hydrogen-bond acceptors (Lipinski definition) is 4. The summed E-state index contributed by atoms with van der Waals surface area (Å²) >= 11 is 0. The molecule has 2 aliphatic heterocycles. The van der Waals surface area contributed by atoms with Crippen molar-refractivity contribution in [3.63, 3.8) is 0 Å². The first-order valence-electron chi connectivity index (χ1n) is 10.9. The molecule has 2 saturated heterocycles. The average Bonchev–Trinajstić information content (AvgIpc) is 3.44. The Balaban J connectivity index is 1.28. The van der Waals surface area contributed by atoms with Crippen LogP contribution in [0.3, 0.4) is 0 Å². The lowest BCUT2D eigenvalue weighted by atomic mass is 9.93. The molecular formula is C22H31FN4O2. The van der Waals surface area contributed by atoms with Crippen molar-refractivity contribution in [3.05, 3.63) is 35.6 Å². The fourth-order valence-corrected chi connectivity index (χ4v) is 4.91. The Labute approximate surface area is 171 Å². The van der Waals surface area contributed by atoms with Gasteiger partial charge in [0, 0.05) is 39.1 Å². The van der Waals surface area contributed by atoms with E-state index in [0.717, 1.165) is 17.9 Å². The van der Waals surface area contributed by atoms with Gasteiger partial charge < -0.3 is 9.80 Å². The second kappa shape index (κ2) is 9.22. The number of piperazine rings is 1. The van der Waals surface area contributed by atoms with Gasteiger partial charge >= 0.3 is 0 Å². The Bertz CT molecular complexity index is 712. The lowest BCUT2D eigenvalue weighted by Crippen LogP contribution is -2.52. The highest BCUT2D eigenvalue weighted by Gasteiger charge is 2.37. The van der Waals surface area contributed by atoms with Gasteiger partial charge in [0.05, 0.1) is 12.0 Å². The Morgan fingerprint density at radius 3 is 2.34 bits per heavy atom. The molecule has 3 aliphatic rings. The van der Waals surface area contributed by atoms with Gasteiger partial charge in [0.15, 0.2) is 0 Å². The quantitative estimate of drug-likeness (QED) is 0.793. The minimum absolute atomic E-state index is 0.0925. The lowest BCUT2D eigenvalue weighted by Gasteiger charge is -2.36. The van der Waals surface area contributed by atoms with Crippen LogP contribution in [0, 0.1) is 17.7 Å². The molecule has 0 bridgehead atoms. The van der Waals surface area contributed by atoms with Crippen LogP contribution in [0.1, 0.15) is 50.1 Å². The van der Waals surface area contributed by atoms with E-state index in [-0.39, 0.29) is 29.6 Å². The third-order valence-electron chi connectivity index (χ3n) is 6.71. The van der Waals surface area contributed by atoms with Gasteiger partial charge in [0.1, 0.15) is 5.82 Å². The Morgan fingerprint density at radius 1 is 1.00 bits per heavy atom. The second-order valence-corrected chi connectivity index (χ2v) is 8.56. The number of hydrogen-bond donors (Lipinski definition) is 2. The molecule has 158 valence electrons. The summed E-state index contributed by atoms with van der Waals surface area (Å²) in [5.41, 5.74) is 7.12. The van der Waals surface area contributed by atoms with E-state index >= 15 is 0 Å². The van der Waals surface area contributed by atoms with Crippen molar-refractivity contribution in [2.75, 3.05) is 32.7 Å². The number of amides is 2. The maximum atomic E-state index is 13.2. The molecule has 2 atom stereocenters. The van der Waals surface area contributed by atoms with E-state index in [1.54, 1.807) is 12.1 Å². The van der Waals surface area contributed by atoms with Gasteiger partial charge in [-0.05, 0) is 30.0 Å². The molecule has 2 amide bonds. The molecule has 29 heavy (non-hydrogen) atoms. The van der Waals surface area contributed by atoms with Crippen molar-refractivity contribution in [2.24, 2.45) is 11.8 Å². The predicted octanol–water partition coefficient (Wildman–Crippen LogP) is 2.23. The predicted molar refractivity (Wildman–Crippen MR) is 108 cm³/mol. The van der Waals surface area contributed by atoms with Gasteiger partial charge in [-0.25, -0.2) is 9.82 Å². The fraction of sp³-hybridized carbons (Fsp3) is 0.636. The third-order valence-corrected chi connectivity index (χ3v) is 6.71.